The number of rotatable bonds is 4. The molecular weight excluding hydrogens is 292 g/mol. The predicted octanol–water partition coefficient (Wildman–Crippen LogP) is 1.37. The van der Waals surface area contributed by atoms with Gasteiger partial charge in [-0.2, -0.15) is 0 Å². The Labute approximate surface area is 126 Å². The van der Waals surface area contributed by atoms with Crippen LogP contribution in [0.5, 0.6) is 0 Å². The van der Waals surface area contributed by atoms with E-state index in [4.69, 9.17) is 0 Å². The highest BCUT2D eigenvalue weighted by Crippen LogP contribution is 2.33. The molecule has 116 valence electrons. The third-order valence-electron chi connectivity index (χ3n) is 4.32. The zero-order chi connectivity index (χ0) is 15.6. The second kappa shape index (κ2) is 6.01. The van der Waals surface area contributed by atoms with Gasteiger partial charge in [0.2, 0.25) is 5.91 Å². The van der Waals surface area contributed by atoms with E-state index in [0.29, 0.717) is 12.1 Å². The zero-order valence-electron chi connectivity index (χ0n) is 12.2. The minimum absolute atomic E-state index is 0.118. The van der Waals surface area contributed by atoms with Crippen LogP contribution >= 0.6 is 11.3 Å². The van der Waals surface area contributed by atoms with Crippen molar-refractivity contribution in [3.8, 4) is 0 Å². The van der Waals surface area contributed by atoms with E-state index >= 15 is 0 Å². The zero-order valence-corrected chi connectivity index (χ0v) is 13.0. The summed E-state index contributed by atoms with van der Waals surface area (Å²) in [5.74, 6) is -1.53. The van der Waals surface area contributed by atoms with Crippen LogP contribution in [0.25, 0.3) is 0 Å². The summed E-state index contributed by atoms with van der Waals surface area (Å²) in [6.45, 7) is 3.48. The highest BCUT2D eigenvalue weighted by atomic mass is 32.1. The highest BCUT2D eigenvalue weighted by Gasteiger charge is 2.46. The molecule has 1 aromatic rings. The van der Waals surface area contributed by atoms with E-state index in [2.05, 4.69) is 5.32 Å². The van der Waals surface area contributed by atoms with Gasteiger partial charge in [0.25, 0.3) is 0 Å². The number of thiazole rings is 1. The maximum absolute atomic E-state index is 12.2. The fourth-order valence-electron chi connectivity index (χ4n) is 2.93. The number of aryl methyl sites for hydroxylation is 1. The number of amides is 1. The van der Waals surface area contributed by atoms with Crippen molar-refractivity contribution in [1.82, 2.24) is 9.88 Å². The molecule has 0 aromatic carbocycles. The Balaban J connectivity index is 2.16. The number of carbonyl (C=O) groups excluding carboxylic acids is 1. The lowest BCUT2D eigenvalue weighted by molar-refractivity contribution is -0.152. The first-order valence-electron chi connectivity index (χ1n) is 7.06. The third-order valence-corrected chi connectivity index (χ3v) is 5.20. The second-order valence-corrected chi connectivity index (χ2v) is 6.52. The largest absolute Gasteiger partial charge is 0.479 e. The summed E-state index contributed by atoms with van der Waals surface area (Å²) in [7, 11) is 0. The van der Waals surface area contributed by atoms with Gasteiger partial charge in [0.15, 0.2) is 0 Å². The maximum atomic E-state index is 12.2. The van der Waals surface area contributed by atoms with Crippen molar-refractivity contribution in [3.05, 3.63) is 20.7 Å². The van der Waals surface area contributed by atoms with Gasteiger partial charge in [0, 0.05) is 11.1 Å². The molecule has 2 rings (SSSR count). The molecule has 0 spiro atoms. The van der Waals surface area contributed by atoms with E-state index in [-0.39, 0.29) is 17.3 Å². The number of aliphatic carboxylic acids is 1. The Hall–Kier alpha value is -1.63. The van der Waals surface area contributed by atoms with Crippen molar-refractivity contribution in [2.45, 2.75) is 51.6 Å². The number of hydrogen-bond donors (Lipinski definition) is 2. The number of carboxylic acids is 1. The lowest BCUT2D eigenvalue weighted by atomic mass is 9.73. The molecule has 1 fully saturated rings. The SMILES string of the molecule is Cc1csc(=O)n1CC(=O)NC1(C(=O)O)CCCCC1C. The molecule has 21 heavy (non-hydrogen) atoms. The van der Waals surface area contributed by atoms with Crippen LogP contribution in [-0.4, -0.2) is 27.1 Å². The first kappa shape index (κ1) is 15.8. The topological polar surface area (TPSA) is 88.4 Å². The van der Waals surface area contributed by atoms with Crippen molar-refractivity contribution >= 4 is 23.2 Å². The Morgan fingerprint density at radius 3 is 2.76 bits per heavy atom. The number of nitrogens with one attached hydrogen (secondary N) is 1. The number of hydrogen-bond acceptors (Lipinski definition) is 4. The minimum Gasteiger partial charge on any atom is -0.479 e. The van der Waals surface area contributed by atoms with Gasteiger partial charge >= 0.3 is 10.8 Å². The molecule has 2 N–H and O–H groups in total. The maximum Gasteiger partial charge on any atom is 0.329 e. The molecule has 2 atom stereocenters. The van der Waals surface area contributed by atoms with Crippen LogP contribution in [-0.2, 0) is 16.1 Å². The van der Waals surface area contributed by atoms with Crippen LogP contribution in [0.4, 0.5) is 0 Å². The van der Waals surface area contributed by atoms with Gasteiger partial charge in [-0.1, -0.05) is 31.1 Å². The molecule has 1 aromatic heterocycles. The number of carbonyl (C=O) groups is 2. The summed E-state index contributed by atoms with van der Waals surface area (Å²) in [4.78, 5) is 35.3. The van der Waals surface area contributed by atoms with Gasteiger partial charge in [0.05, 0.1) is 0 Å². The molecule has 2 unspecified atom stereocenters. The van der Waals surface area contributed by atoms with Crippen molar-refractivity contribution < 1.29 is 14.7 Å². The molecule has 7 heteroatoms. The van der Waals surface area contributed by atoms with Crippen molar-refractivity contribution in [1.29, 1.82) is 0 Å². The highest BCUT2D eigenvalue weighted by molar-refractivity contribution is 7.07. The summed E-state index contributed by atoms with van der Waals surface area (Å²) in [5.41, 5.74) is -0.496. The Morgan fingerprint density at radius 2 is 2.24 bits per heavy atom. The normalized spacial score (nSPS) is 25.5. The van der Waals surface area contributed by atoms with Crippen molar-refractivity contribution in [3.63, 3.8) is 0 Å². The monoisotopic (exact) mass is 312 g/mol. The van der Waals surface area contributed by atoms with Gasteiger partial charge in [-0.05, 0) is 25.7 Å². The van der Waals surface area contributed by atoms with E-state index in [0.717, 1.165) is 30.6 Å². The minimum atomic E-state index is -1.21. The molecule has 1 amide bonds. The Kier molecular flexibility index (Phi) is 4.51. The van der Waals surface area contributed by atoms with E-state index < -0.39 is 17.4 Å². The smallest absolute Gasteiger partial charge is 0.329 e. The summed E-state index contributed by atoms with van der Waals surface area (Å²) < 4.78 is 1.36. The Bertz CT molecular complexity index is 606. The summed E-state index contributed by atoms with van der Waals surface area (Å²) >= 11 is 1.04. The molecule has 0 radical (unpaired) electrons. The number of aromatic nitrogens is 1. The quantitative estimate of drug-likeness (QED) is 0.879. The summed E-state index contributed by atoms with van der Waals surface area (Å²) in [5, 5.41) is 13.9. The molecule has 0 bridgehead atoms. The average molecular weight is 312 g/mol. The van der Waals surface area contributed by atoms with Crippen LogP contribution in [0.3, 0.4) is 0 Å². The molecule has 6 nitrogen and oxygen atoms in total. The van der Waals surface area contributed by atoms with Crippen LogP contribution < -0.4 is 10.2 Å². The van der Waals surface area contributed by atoms with Crippen molar-refractivity contribution in [2.75, 3.05) is 0 Å². The van der Waals surface area contributed by atoms with E-state index in [1.165, 1.54) is 4.57 Å². The number of carboxylic acid groups (broad SMARTS) is 1. The summed E-state index contributed by atoms with van der Waals surface area (Å²) in [6.07, 6.45) is 2.99. The van der Waals surface area contributed by atoms with Gasteiger partial charge in [-0.25, -0.2) is 4.79 Å². The molecular formula is C14H20N2O4S. The molecule has 0 aliphatic heterocycles. The molecule has 1 aliphatic rings. The lowest BCUT2D eigenvalue weighted by Crippen LogP contribution is -2.60. The molecule has 1 saturated carbocycles. The average Bonchev–Trinajstić information content (AvgIpc) is 2.73. The third kappa shape index (κ3) is 3.02. The second-order valence-electron chi connectivity index (χ2n) is 5.70. The number of nitrogens with zero attached hydrogens (tertiary/aromatic N) is 1. The van der Waals surface area contributed by atoms with Gasteiger partial charge < -0.3 is 10.4 Å². The van der Waals surface area contributed by atoms with E-state index in [9.17, 15) is 19.5 Å². The van der Waals surface area contributed by atoms with Crippen LogP contribution in [0.2, 0.25) is 0 Å². The van der Waals surface area contributed by atoms with Crippen LogP contribution in [0.1, 0.15) is 38.3 Å². The molecule has 1 aliphatic carbocycles. The van der Waals surface area contributed by atoms with E-state index in [1.807, 2.05) is 6.92 Å². The van der Waals surface area contributed by atoms with Gasteiger partial charge in [-0.15, -0.1) is 0 Å². The first-order valence-corrected chi connectivity index (χ1v) is 7.94. The fraction of sp³-hybridized carbons (Fsp3) is 0.643. The van der Waals surface area contributed by atoms with E-state index in [1.54, 1.807) is 12.3 Å². The van der Waals surface area contributed by atoms with Crippen LogP contribution in [0.15, 0.2) is 10.2 Å². The summed E-state index contributed by atoms with van der Waals surface area (Å²) in [6, 6.07) is 0. The van der Waals surface area contributed by atoms with Crippen LogP contribution in [0, 0.1) is 12.8 Å². The van der Waals surface area contributed by atoms with Gasteiger partial charge in [0.1, 0.15) is 12.1 Å². The first-order chi connectivity index (χ1) is 9.86. The predicted molar refractivity (Wildman–Crippen MR) is 79.5 cm³/mol. The standard InChI is InChI=1S/C14H20N2O4S/c1-9-5-3-4-6-14(9,12(18)19)15-11(17)7-16-10(2)8-21-13(16)20/h8-9H,3-7H2,1-2H3,(H,15,17)(H,18,19). The van der Waals surface area contributed by atoms with Crippen molar-refractivity contribution in [2.24, 2.45) is 5.92 Å². The fourth-order valence-corrected chi connectivity index (χ4v) is 3.67. The van der Waals surface area contributed by atoms with Gasteiger partial charge in [-0.3, -0.25) is 14.2 Å². The Morgan fingerprint density at radius 1 is 1.52 bits per heavy atom. The molecule has 1 heterocycles. The lowest BCUT2D eigenvalue weighted by Gasteiger charge is -2.39. The molecule has 0 saturated heterocycles.